The highest BCUT2D eigenvalue weighted by atomic mass is 35.5. The van der Waals surface area contributed by atoms with Crippen LogP contribution in [0.3, 0.4) is 0 Å². The molecule has 1 fully saturated rings. The summed E-state index contributed by atoms with van der Waals surface area (Å²) >= 11 is 6.10. The van der Waals surface area contributed by atoms with E-state index >= 15 is 0 Å². The van der Waals surface area contributed by atoms with Crippen molar-refractivity contribution < 1.29 is 18.0 Å². The van der Waals surface area contributed by atoms with Gasteiger partial charge in [-0.2, -0.15) is 0 Å². The van der Waals surface area contributed by atoms with Crippen molar-refractivity contribution in [2.75, 3.05) is 17.1 Å². The van der Waals surface area contributed by atoms with Gasteiger partial charge in [-0.25, -0.2) is 8.42 Å². The Morgan fingerprint density at radius 1 is 1.08 bits per heavy atom. The third-order valence-electron chi connectivity index (χ3n) is 6.55. The number of benzene rings is 2. The number of sulfonamides is 1. The highest BCUT2D eigenvalue weighted by molar-refractivity contribution is 7.92. The fourth-order valence-electron chi connectivity index (χ4n) is 4.72. The van der Waals surface area contributed by atoms with E-state index in [2.05, 4.69) is 5.32 Å². The summed E-state index contributed by atoms with van der Waals surface area (Å²) < 4.78 is 26.4. The fraction of sp³-hybridized carbons (Fsp3) is 0.481. The number of aryl methyl sites for hydroxylation is 1. The van der Waals surface area contributed by atoms with Crippen molar-refractivity contribution in [1.29, 1.82) is 0 Å². The van der Waals surface area contributed by atoms with Gasteiger partial charge in [0.05, 0.1) is 11.9 Å². The first-order valence-corrected chi connectivity index (χ1v) is 14.7. The Bertz CT molecular complexity index is 1170. The molecule has 0 aliphatic heterocycles. The van der Waals surface area contributed by atoms with Crippen LogP contribution in [0.25, 0.3) is 0 Å². The standard InChI is InChI=1S/C27H36ClN3O4S/c1-4-25(27(33)29-23-13-6-5-7-14-23)30(18-21-11-8-10-20(2)16-21)26(32)19-31(36(3,34)35)24-15-9-12-22(28)17-24/h8-12,15-17,23,25H,4-7,13-14,18-19H2,1-3H3,(H,29,33)/t25-/m1/s1. The predicted octanol–water partition coefficient (Wildman–Crippen LogP) is 4.67. The third kappa shape index (κ3) is 7.71. The number of hydrogen-bond donors (Lipinski definition) is 1. The molecule has 2 aromatic carbocycles. The van der Waals surface area contributed by atoms with Gasteiger partial charge in [0, 0.05) is 17.6 Å². The largest absolute Gasteiger partial charge is 0.352 e. The van der Waals surface area contributed by atoms with E-state index in [-0.39, 0.29) is 18.5 Å². The lowest BCUT2D eigenvalue weighted by Crippen LogP contribution is -2.53. The first-order chi connectivity index (χ1) is 17.1. The molecule has 0 heterocycles. The number of carbonyl (C=O) groups excluding carboxylic acids is 2. The van der Waals surface area contributed by atoms with Gasteiger partial charge >= 0.3 is 0 Å². The molecule has 1 aliphatic rings. The molecule has 1 N–H and O–H groups in total. The molecule has 1 aliphatic carbocycles. The highest BCUT2D eigenvalue weighted by Gasteiger charge is 2.32. The molecule has 1 saturated carbocycles. The van der Waals surface area contributed by atoms with Crippen molar-refractivity contribution in [1.82, 2.24) is 10.2 Å². The van der Waals surface area contributed by atoms with Crippen molar-refractivity contribution in [3.63, 3.8) is 0 Å². The number of rotatable bonds is 10. The molecule has 2 aromatic rings. The van der Waals surface area contributed by atoms with Gasteiger partial charge in [0.1, 0.15) is 12.6 Å². The highest BCUT2D eigenvalue weighted by Crippen LogP contribution is 2.23. The SMILES string of the molecule is CC[C@H](C(=O)NC1CCCCC1)N(Cc1cccc(C)c1)C(=O)CN(c1cccc(Cl)c1)S(C)(=O)=O. The van der Waals surface area contributed by atoms with Gasteiger partial charge < -0.3 is 10.2 Å². The van der Waals surface area contributed by atoms with Crippen LogP contribution in [-0.4, -0.2) is 50.0 Å². The first-order valence-electron chi connectivity index (χ1n) is 12.5. The maximum Gasteiger partial charge on any atom is 0.244 e. The molecule has 196 valence electrons. The summed E-state index contributed by atoms with van der Waals surface area (Å²) in [6.07, 6.45) is 6.67. The molecular weight excluding hydrogens is 498 g/mol. The summed E-state index contributed by atoms with van der Waals surface area (Å²) in [4.78, 5) is 28.6. The minimum absolute atomic E-state index is 0.107. The molecule has 36 heavy (non-hydrogen) atoms. The van der Waals surface area contributed by atoms with E-state index in [0.29, 0.717) is 17.1 Å². The van der Waals surface area contributed by atoms with Gasteiger partial charge in [-0.3, -0.25) is 13.9 Å². The smallest absolute Gasteiger partial charge is 0.244 e. The van der Waals surface area contributed by atoms with Crippen molar-refractivity contribution in [2.45, 2.75) is 71.0 Å². The molecule has 0 aromatic heterocycles. The van der Waals surface area contributed by atoms with Gasteiger partial charge in [-0.05, 0) is 49.9 Å². The Morgan fingerprint density at radius 3 is 2.39 bits per heavy atom. The van der Waals surface area contributed by atoms with Gasteiger partial charge in [-0.1, -0.05) is 73.7 Å². The molecule has 0 unspecified atom stereocenters. The molecule has 9 heteroatoms. The number of anilines is 1. The second-order valence-corrected chi connectivity index (χ2v) is 11.9. The number of nitrogens with zero attached hydrogens (tertiary/aromatic N) is 2. The Morgan fingerprint density at radius 2 is 1.78 bits per heavy atom. The number of hydrogen-bond acceptors (Lipinski definition) is 4. The normalized spacial score (nSPS) is 15.2. The maximum absolute atomic E-state index is 13.8. The number of carbonyl (C=O) groups is 2. The molecule has 7 nitrogen and oxygen atoms in total. The van der Waals surface area contributed by atoms with Gasteiger partial charge in [0.25, 0.3) is 0 Å². The van der Waals surface area contributed by atoms with Crippen LogP contribution in [0.4, 0.5) is 5.69 Å². The van der Waals surface area contributed by atoms with E-state index in [4.69, 9.17) is 11.6 Å². The molecule has 0 bridgehead atoms. The first kappa shape index (κ1) is 28.0. The Kier molecular flexibility index (Phi) is 9.79. The van der Waals surface area contributed by atoms with Crippen LogP contribution in [-0.2, 0) is 26.2 Å². The average molecular weight is 534 g/mol. The van der Waals surface area contributed by atoms with Gasteiger partial charge in [-0.15, -0.1) is 0 Å². The lowest BCUT2D eigenvalue weighted by atomic mass is 9.95. The summed E-state index contributed by atoms with van der Waals surface area (Å²) in [5.41, 5.74) is 2.21. The van der Waals surface area contributed by atoms with Crippen molar-refractivity contribution >= 4 is 39.1 Å². The molecule has 2 amide bonds. The second-order valence-electron chi connectivity index (χ2n) is 9.53. The molecule has 0 spiro atoms. The number of halogens is 1. The zero-order valence-electron chi connectivity index (χ0n) is 21.2. The second kappa shape index (κ2) is 12.6. The van der Waals surface area contributed by atoms with E-state index in [9.17, 15) is 18.0 Å². The summed E-state index contributed by atoms with van der Waals surface area (Å²) in [6.45, 7) is 3.60. The van der Waals surface area contributed by atoms with E-state index < -0.39 is 28.5 Å². The lowest BCUT2D eigenvalue weighted by molar-refractivity contribution is -0.140. The summed E-state index contributed by atoms with van der Waals surface area (Å²) in [6, 6.07) is 13.5. The summed E-state index contributed by atoms with van der Waals surface area (Å²) in [7, 11) is -3.79. The molecule has 0 saturated heterocycles. The van der Waals surface area contributed by atoms with Crippen LogP contribution in [0.1, 0.15) is 56.6 Å². The minimum atomic E-state index is -3.79. The van der Waals surface area contributed by atoms with Crippen LogP contribution in [0.5, 0.6) is 0 Å². The number of nitrogens with one attached hydrogen (secondary N) is 1. The molecular formula is C27H36ClN3O4S. The van der Waals surface area contributed by atoms with Crippen molar-refractivity contribution in [3.05, 3.63) is 64.7 Å². The van der Waals surface area contributed by atoms with Gasteiger partial charge in [0.15, 0.2) is 0 Å². The van der Waals surface area contributed by atoms with Crippen molar-refractivity contribution in [2.24, 2.45) is 0 Å². The van der Waals surface area contributed by atoms with Crippen molar-refractivity contribution in [3.8, 4) is 0 Å². The summed E-state index contributed by atoms with van der Waals surface area (Å²) in [5, 5.41) is 3.51. The summed E-state index contributed by atoms with van der Waals surface area (Å²) in [5.74, 6) is -0.647. The fourth-order valence-corrected chi connectivity index (χ4v) is 5.74. The molecule has 3 rings (SSSR count). The Hall–Kier alpha value is -2.58. The van der Waals surface area contributed by atoms with E-state index in [1.54, 1.807) is 18.2 Å². The van der Waals surface area contributed by atoms with Crippen LogP contribution < -0.4 is 9.62 Å². The third-order valence-corrected chi connectivity index (χ3v) is 7.92. The van der Waals surface area contributed by atoms with Crippen LogP contribution in [0, 0.1) is 6.92 Å². The zero-order chi connectivity index (χ0) is 26.3. The molecule has 1 atom stereocenters. The Labute approximate surface area is 219 Å². The predicted molar refractivity (Wildman–Crippen MR) is 144 cm³/mol. The van der Waals surface area contributed by atoms with E-state index in [1.807, 2.05) is 38.1 Å². The lowest BCUT2D eigenvalue weighted by Gasteiger charge is -2.34. The van der Waals surface area contributed by atoms with E-state index in [1.165, 1.54) is 17.4 Å². The monoisotopic (exact) mass is 533 g/mol. The maximum atomic E-state index is 13.8. The van der Waals surface area contributed by atoms with Crippen LogP contribution >= 0.6 is 11.6 Å². The van der Waals surface area contributed by atoms with Crippen LogP contribution in [0.2, 0.25) is 5.02 Å². The quantitative estimate of drug-likeness (QED) is 0.481. The number of amides is 2. The van der Waals surface area contributed by atoms with Gasteiger partial charge in [0.2, 0.25) is 21.8 Å². The average Bonchev–Trinajstić information content (AvgIpc) is 2.82. The van der Waals surface area contributed by atoms with E-state index in [0.717, 1.165) is 47.4 Å². The Balaban J connectivity index is 1.91. The minimum Gasteiger partial charge on any atom is -0.352 e. The molecule has 0 radical (unpaired) electrons. The zero-order valence-corrected chi connectivity index (χ0v) is 22.8. The van der Waals surface area contributed by atoms with Crippen LogP contribution in [0.15, 0.2) is 48.5 Å². The topological polar surface area (TPSA) is 86.8 Å².